The van der Waals surface area contributed by atoms with Crippen LogP contribution in [0.5, 0.6) is 17.2 Å². The summed E-state index contributed by atoms with van der Waals surface area (Å²) in [7, 11) is 0. The highest BCUT2D eigenvalue weighted by Crippen LogP contribution is 2.29. The molecule has 0 heterocycles. The SMILES string of the molecule is CCCc1c(O)cccc1OOc1ccccc1. The zero-order chi connectivity index (χ0) is 12.8. The van der Waals surface area contributed by atoms with Gasteiger partial charge in [0.1, 0.15) is 5.75 Å². The van der Waals surface area contributed by atoms with Crippen LogP contribution in [0.3, 0.4) is 0 Å². The number of hydrogen-bond acceptors (Lipinski definition) is 3. The van der Waals surface area contributed by atoms with Gasteiger partial charge in [-0.3, -0.25) is 9.78 Å². The highest BCUT2D eigenvalue weighted by Gasteiger charge is 2.09. The molecule has 0 bridgehead atoms. The van der Waals surface area contributed by atoms with E-state index >= 15 is 0 Å². The van der Waals surface area contributed by atoms with Gasteiger partial charge < -0.3 is 5.11 Å². The summed E-state index contributed by atoms with van der Waals surface area (Å²) in [6.07, 6.45) is 1.68. The summed E-state index contributed by atoms with van der Waals surface area (Å²) in [6.45, 7) is 2.05. The molecule has 1 N–H and O–H groups in total. The van der Waals surface area contributed by atoms with Crippen LogP contribution < -0.4 is 9.78 Å². The van der Waals surface area contributed by atoms with Gasteiger partial charge in [0, 0.05) is 5.56 Å². The second-order valence-electron chi connectivity index (χ2n) is 3.98. The summed E-state index contributed by atoms with van der Waals surface area (Å²) in [4.78, 5) is 10.5. The van der Waals surface area contributed by atoms with Crippen LogP contribution in [0.2, 0.25) is 0 Å². The molecule has 0 aliphatic heterocycles. The molecule has 2 aromatic rings. The van der Waals surface area contributed by atoms with Crippen molar-refractivity contribution in [1.82, 2.24) is 0 Å². The van der Waals surface area contributed by atoms with Crippen LogP contribution in [-0.2, 0) is 6.42 Å². The molecular weight excluding hydrogens is 228 g/mol. The molecule has 0 saturated carbocycles. The van der Waals surface area contributed by atoms with E-state index in [9.17, 15) is 5.11 Å². The highest BCUT2D eigenvalue weighted by molar-refractivity contribution is 5.43. The van der Waals surface area contributed by atoms with E-state index in [0.29, 0.717) is 11.5 Å². The summed E-state index contributed by atoms with van der Waals surface area (Å²) in [6, 6.07) is 14.4. The summed E-state index contributed by atoms with van der Waals surface area (Å²) >= 11 is 0. The van der Waals surface area contributed by atoms with E-state index in [-0.39, 0.29) is 5.75 Å². The van der Waals surface area contributed by atoms with Crippen molar-refractivity contribution < 1.29 is 14.9 Å². The van der Waals surface area contributed by atoms with Crippen LogP contribution in [0.15, 0.2) is 48.5 Å². The molecule has 0 aromatic heterocycles. The molecular formula is C15H16O3. The first-order chi connectivity index (χ1) is 8.81. The van der Waals surface area contributed by atoms with E-state index in [4.69, 9.17) is 9.78 Å². The normalized spacial score (nSPS) is 10.1. The Hall–Kier alpha value is -2.16. The van der Waals surface area contributed by atoms with Crippen molar-refractivity contribution in [2.75, 3.05) is 0 Å². The van der Waals surface area contributed by atoms with Gasteiger partial charge in [0.15, 0.2) is 11.5 Å². The lowest BCUT2D eigenvalue weighted by Crippen LogP contribution is -2.03. The Kier molecular flexibility index (Phi) is 4.07. The van der Waals surface area contributed by atoms with E-state index in [2.05, 4.69) is 0 Å². The number of phenolic OH excluding ortho intramolecular Hbond substituents is 1. The maximum absolute atomic E-state index is 9.78. The fourth-order valence-corrected chi connectivity index (χ4v) is 1.70. The number of benzene rings is 2. The van der Waals surface area contributed by atoms with Crippen molar-refractivity contribution in [2.45, 2.75) is 19.8 Å². The molecule has 0 atom stereocenters. The molecule has 0 unspecified atom stereocenters. The predicted octanol–water partition coefficient (Wildman–Crippen LogP) is 3.72. The molecule has 0 fully saturated rings. The summed E-state index contributed by atoms with van der Waals surface area (Å²) in [5.41, 5.74) is 0.774. The molecule has 18 heavy (non-hydrogen) atoms. The third-order valence-electron chi connectivity index (χ3n) is 2.58. The minimum absolute atomic E-state index is 0.242. The smallest absolute Gasteiger partial charge is 0.185 e. The van der Waals surface area contributed by atoms with Gasteiger partial charge in [0.2, 0.25) is 0 Å². The standard InChI is InChI=1S/C15H16O3/c1-2-7-13-14(16)10-6-11-15(13)18-17-12-8-4-3-5-9-12/h3-6,8-11,16H,2,7H2,1H3. The molecule has 0 radical (unpaired) electrons. The Morgan fingerprint density at radius 2 is 1.72 bits per heavy atom. The Morgan fingerprint density at radius 3 is 2.44 bits per heavy atom. The third-order valence-corrected chi connectivity index (χ3v) is 2.58. The van der Waals surface area contributed by atoms with Gasteiger partial charge in [-0.25, -0.2) is 0 Å². The van der Waals surface area contributed by atoms with Crippen LogP contribution in [0.25, 0.3) is 0 Å². The topological polar surface area (TPSA) is 38.7 Å². The number of rotatable bonds is 5. The summed E-state index contributed by atoms with van der Waals surface area (Å²) < 4.78 is 0. The zero-order valence-electron chi connectivity index (χ0n) is 10.3. The predicted molar refractivity (Wildman–Crippen MR) is 69.8 cm³/mol. The largest absolute Gasteiger partial charge is 0.508 e. The molecule has 0 spiro atoms. The van der Waals surface area contributed by atoms with Gasteiger partial charge >= 0.3 is 0 Å². The summed E-state index contributed by atoms with van der Waals surface area (Å²) in [5, 5.41) is 9.78. The van der Waals surface area contributed by atoms with Crippen molar-refractivity contribution in [3.63, 3.8) is 0 Å². The maximum atomic E-state index is 9.78. The zero-order valence-corrected chi connectivity index (χ0v) is 10.3. The maximum Gasteiger partial charge on any atom is 0.185 e. The van der Waals surface area contributed by atoms with Crippen molar-refractivity contribution >= 4 is 0 Å². The van der Waals surface area contributed by atoms with Gasteiger partial charge in [0.25, 0.3) is 0 Å². The molecule has 2 rings (SSSR count). The Morgan fingerprint density at radius 1 is 0.944 bits per heavy atom. The van der Waals surface area contributed by atoms with Crippen molar-refractivity contribution in [1.29, 1.82) is 0 Å². The van der Waals surface area contributed by atoms with Crippen LogP contribution in [0.4, 0.5) is 0 Å². The number of phenols is 1. The number of para-hydroxylation sites is 1. The van der Waals surface area contributed by atoms with E-state index in [0.717, 1.165) is 18.4 Å². The molecule has 0 amide bonds. The minimum atomic E-state index is 0.242. The number of hydrogen-bond donors (Lipinski definition) is 1. The molecule has 2 aromatic carbocycles. The van der Waals surface area contributed by atoms with Crippen molar-refractivity contribution in [2.24, 2.45) is 0 Å². The van der Waals surface area contributed by atoms with Crippen LogP contribution in [-0.4, -0.2) is 5.11 Å². The molecule has 0 aliphatic rings. The fraction of sp³-hybridized carbons (Fsp3) is 0.200. The van der Waals surface area contributed by atoms with Gasteiger partial charge in [-0.05, 0) is 30.7 Å². The van der Waals surface area contributed by atoms with Crippen LogP contribution in [0.1, 0.15) is 18.9 Å². The molecule has 0 aliphatic carbocycles. The molecule has 3 nitrogen and oxygen atoms in total. The van der Waals surface area contributed by atoms with Crippen molar-refractivity contribution in [3.8, 4) is 17.2 Å². The van der Waals surface area contributed by atoms with Crippen LogP contribution in [0, 0.1) is 0 Å². The van der Waals surface area contributed by atoms with Gasteiger partial charge in [0.05, 0.1) is 0 Å². The lowest BCUT2D eigenvalue weighted by Gasteiger charge is -2.11. The molecule has 0 saturated heterocycles. The second kappa shape index (κ2) is 5.96. The molecule has 3 heteroatoms. The number of aromatic hydroxyl groups is 1. The quantitative estimate of drug-likeness (QED) is 0.643. The lowest BCUT2D eigenvalue weighted by atomic mass is 10.1. The van der Waals surface area contributed by atoms with Gasteiger partial charge in [-0.15, -0.1) is 0 Å². The lowest BCUT2D eigenvalue weighted by molar-refractivity contribution is -0.101. The van der Waals surface area contributed by atoms with Gasteiger partial charge in [-0.1, -0.05) is 37.6 Å². The second-order valence-corrected chi connectivity index (χ2v) is 3.98. The summed E-state index contributed by atoms with van der Waals surface area (Å²) in [5.74, 6) is 1.43. The van der Waals surface area contributed by atoms with E-state index in [1.807, 2.05) is 37.3 Å². The van der Waals surface area contributed by atoms with E-state index in [1.165, 1.54) is 0 Å². The fourth-order valence-electron chi connectivity index (χ4n) is 1.70. The minimum Gasteiger partial charge on any atom is -0.508 e. The van der Waals surface area contributed by atoms with Crippen molar-refractivity contribution in [3.05, 3.63) is 54.1 Å². The average molecular weight is 244 g/mol. The average Bonchev–Trinajstić information content (AvgIpc) is 2.41. The van der Waals surface area contributed by atoms with Crippen LogP contribution >= 0.6 is 0 Å². The molecule has 94 valence electrons. The third kappa shape index (κ3) is 2.94. The first-order valence-corrected chi connectivity index (χ1v) is 6.01. The monoisotopic (exact) mass is 244 g/mol. The Bertz CT molecular complexity index is 494. The Labute approximate surface area is 107 Å². The van der Waals surface area contributed by atoms with E-state index < -0.39 is 0 Å². The first kappa shape index (κ1) is 12.3. The Balaban J connectivity index is 2.11. The highest BCUT2D eigenvalue weighted by atomic mass is 17.2. The first-order valence-electron chi connectivity index (χ1n) is 6.01. The van der Waals surface area contributed by atoms with Gasteiger partial charge in [-0.2, -0.15) is 0 Å². The van der Waals surface area contributed by atoms with E-state index in [1.54, 1.807) is 18.2 Å².